The van der Waals surface area contributed by atoms with Gasteiger partial charge < -0.3 is 5.11 Å². The van der Waals surface area contributed by atoms with Gasteiger partial charge in [0.1, 0.15) is 0 Å². The van der Waals surface area contributed by atoms with E-state index in [2.05, 4.69) is 22.0 Å². The zero-order chi connectivity index (χ0) is 13.3. The van der Waals surface area contributed by atoms with Gasteiger partial charge in [0.25, 0.3) is 0 Å². The molecule has 1 aliphatic heterocycles. The largest absolute Gasteiger partial charge is 0.389 e. The number of hydrogen-bond acceptors (Lipinski definition) is 3. The van der Waals surface area contributed by atoms with Crippen molar-refractivity contribution in [1.82, 2.24) is 15.1 Å². The highest BCUT2D eigenvalue weighted by atomic mass is 16.3. The van der Waals surface area contributed by atoms with Gasteiger partial charge >= 0.3 is 0 Å². The molecule has 2 aliphatic rings. The number of rotatable bonds is 3. The van der Waals surface area contributed by atoms with E-state index in [9.17, 15) is 5.11 Å². The van der Waals surface area contributed by atoms with Crippen LogP contribution in [0.25, 0.3) is 0 Å². The van der Waals surface area contributed by atoms with Crippen molar-refractivity contribution in [2.75, 3.05) is 19.6 Å². The average Bonchev–Trinajstić information content (AvgIpc) is 2.98. The molecule has 2 N–H and O–H groups in total. The van der Waals surface area contributed by atoms with E-state index in [0.29, 0.717) is 5.92 Å². The molecule has 1 aliphatic carbocycles. The van der Waals surface area contributed by atoms with Crippen LogP contribution in [0.15, 0.2) is 6.20 Å². The van der Waals surface area contributed by atoms with Crippen LogP contribution in [-0.4, -0.2) is 45.4 Å². The number of aryl methyl sites for hydroxylation is 1. The third-order valence-corrected chi connectivity index (χ3v) is 4.85. The first-order valence-corrected chi connectivity index (χ1v) is 7.61. The molecular formula is C15H25N3O. The van der Waals surface area contributed by atoms with Crippen molar-refractivity contribution in [2.24, 2.45) is 0 Å². The first kappa shape index (κ1) is 13.1. The van der Waals surface area contributed by atoms with Gasteiger partial charge in [0.05, 0.1) is 11.8 Å². The first-order valence-electron chi connectivity index (χ1n) is 7.61. The Hall–Kier alpha value is -0.870. The van der Waals surface area contributed by atoms with E-state index in [1.54, 1.807) is 0 Å². The molecule has 1 saturated heterocycles. The van der Waals surface area contributed by atoms with E-state index in [-0.39, 0.29) is 0 Å². The number of hydrogen-bond donors (Lipinski definition) is 2. The molecule has 1 atom stereocenters. The van der Waals surface area contributed by atoms with Crippen LogP contribution < -0.4 is 0 Å². The number of likely N-dealkylation sites (tertiary alicyclic amines) is 1. The molecule has 19 heavy (non-hydrogen) atoms. The highest BCUT2D eigenvalue weighted by molar-refractivity contribution is 5.20. The standard InChI is InChI=1S/C15H25N3O/c1-12-9-16-17-14(12)13-5-8-18(10-13)11-15(19)6-3-2-4-7-15/h9,13,19H,2-8,10-11H2,1H3,(H,16,17)/t13-/m1/s1. The number of nitrogens with zero attached hydrogens (tertiary/aromatic N) is 2. The van der Waals surface area contributed by atoms with Gasteiger partial charge in [-0.3, -0.25) is 10.00 Å². The average molecular weight is 263 g/mol. The van der Waals surface area contributed by atoms with Crippen molar-refractivity contribution in [2.45, 2.75) is 57.0 Å². The number of H-pyrrole nitrogens is 1. The highest BCUT2D eigenvalue weighted by Gasteiger charge is 2.34. The molecule has 4 nitrogen and oxygen atoms in total. The molecule has 1 aromatic heterocycles. The van der Waals surface area contributed by atoms with E-state index in [1.807, 2.05) is 6.20 Å². The summed E-state index contributed by atoms with van der Waals surface area (Å²) in [6.45, 7) is 5.14. The predicted molar refractivity (Wildman–Crippen MR) is 75.2 cm³/mol. The van der Waals surface area contributed by atoms with E-state index in [0.717, 1.165) is 32.5 Å². The number of aromatic amines is 1. The minimum atomic E-state index is -0.420. The van der Waals surface area contributed by atoms with Crippen molar-refractivity contribution in [1.29, 1.82) is 0 Å². The summed E-state index contributed by atoms with van der Waals surface area (Å²) in [5.41, 5.74) is 2.14. The van der Waals surface area contributed by atoms with Crippen LogP contribution in [0.4, 0.5) is 0 Å². The molecule has 2 fully saturated rings. The summed E-state index contributed by atoms with van der Waals surface area (Å²) >= 11 is 0. The Kier molecular flexibility index (Phi) is 3.63. The zero-order valence-corrected chi connectivity index (χ0v) is 11.9. The Bertz CT molecular complexity index is 423. The minimum absolute atomic E-state index is 0.420. The minimum Gasteiger partial charge on any atom is -0.389 e. The number of β-amino-alcohol motifs (C(OH)–C–C–N with tert-alkyl or cyclic N) is 1. The number of nitrogens with one attached hydrogen (secondary N) is 1. The van der Waals surface area contributed by atoms with E-state index in [1.165, 1.54) is 36.9 Å². The summed E-state index contributed by atoms with van der Waals surface area (Å²) in [6, 6.07) is 0. The summed E-state index contributed by atoms with van der Waals surface area (Å²) in [5.74, 6) is 0.565. The van der Waals surface area contributed by atoms with Crippen LogP contribution >= 0.6 is 0 Å². The maximum Gasteiger partial charge on any atom is 0.0774 e. The molecule has 0 amide bonds. The topological polar surface area (TPSA) is 52.2 Å². The molecule has 0 spiro atoms. The Labute approximate surface area is 115 Å². The van der Waals surface area contributed by atoms with E-state index in [4.69, 9.17) is 0 Å². The van der Waals surface area contributed by atoms with Crippen molar-refractivity contribution in [3.05, 3.63) is 17.5 Å². The Balaban J connectivity index is 1.58. The van der Waals surface area contributed by atoms with Crippen molar-refractivity contribution < 1.29 is 5.11 Å². The van der Waals surface area contributed by atoms with Crippen molar-refractivity contribution >= 4 is 0 Å². The quantitative estimate of drug-likeness (QED) is 0.879. The Morgan fingerprint density at radius 3 is 2.89 bits per heavy atom. The third kappa shape index (κ3) is 2.84. The lowest BCUT2D eigenvalue weighted by atomic mass is 9.84. The Morgan fingerprint density at radius 1 is 1.42 bits per heavy atom. The molecule has 3 rings (SSSR count). The number of aromatic nitrogens is 2. The fourth-order valence-electron chi connectivity index (χ4n) is 3.77. The molecule has 106 valence electrons. The van der Waals surface area contributed by atoms with Crippen LogP contribution in [0, 0.1) is 6.92 Å². The van der Waals surface area contributed by atoms with E-state index < -0.39 is 5.60 Å². The van der Waals surface area contributed by atoms with Gasteiger partial charge in [-0.05, 0) is 38.3 Å². The van der Waals surface area contributed by atoms with Gasteiger partial charge in [-0.25, -0.2) is 0 Å². The lowest BCUT2D eigenvalue weighted by Crippen LogP contribution is -2.43. The summed E-state index contributed by atoms with van der Waals surface area (Å²) in [6.07, 6.45) is 8.72. The van der Waals surface area contributed by atoms with Gasteiger partial charge in [0.2, 0.25) is 0 Å². The zero-order valence-electron chi connectivity index (χ0n) is 11.9. The fourth-order valence-corrected chi connectivity index (χ4v) is 3.77. The second-order valence-corrected chi connectivity index (χ2v) is 6.47. The monoisotopic (exact) mass is 263 g/mol. The van der Waals surface area contributed by atoms with Crippen LogP contribution in [0.1, 0.15) is 55.7 Å². The summed E-state index contributed by atoms with van der Waals surface area (Å²) in [4.78, 5) is 2.44. The van der Waals surface area contributed by atoms with Crippen LogP contribution in [-0.2, 0) is 0 Å². The van der Waals surface area contributed by atoms with Crippen molar-refractivity contribution in [3.63, 3.8) is 0 Å². The molecule has 0 unspecified atom stereocenters. The normalized spacial score (nSPS) is 27.8. The first-order chi connectivity index (χ1) is 9.16. The van der Waals surface area contributed by atoms with Crippen LogP contribution in [0.3, 0.4) is 0 Å². The second kappa shape index (κ2) is 5.25. The van der Waals surface area contributed by atoms with Gasteiger partial charge in [-0.1, -0.05) is 19.3 Å². The fraction of sp³-hybridized carbons (Fsp3) is 0.800. The van der Waals surface area contributed by atoms with Crippen molar-refractivity contribution in [3.8, 4) is 0 Å². The molecule has 2 heterocycles. The molecule has 1 saturated carbocycles. The summed E-state index contributed by atoms with van der Waals surface area (Å²) in [7, 11) is 0. The van der Waals surface area contributed by atoms with Gasteiger partial charge in [0.15, 0.2) is 0 Å². The molecule has 0 radical (unpaired) electrons. The summed E-state index contributed by atoms with van der Waals surface area (Å²) < 4.78 is 0. The maximum absolute atomic E-state index is 10.6. The lowest BCUT2D eigenvalue weighted by molar-refractivity contribution is -0.0216. The van der Waals surface area contributed by atoms with Gasteiger partial charge in [0, 0.05) is 24.7 Å². The lowest BCUT2D eigenvalue weighted by Gasteiger charge is -2.35. The predicted octanol–water partition coefficient (Wildman–Crippen LogP) is 2.20. The molecule has 4 heteroatoms. The Morgan fingerprint density at radius 2 is 2.21 bits per heavy atom. The maximum atomic E-state index is 10.6. The molecular weight excluding hydrogens is 238 g/mol. The summed E-state index contributed by atoms with van der Waals surface area (Å²) in [5, 5.41) is 17.9. The van der Waals surface area contributed by atoms with Gasteiger partial charge in [-0.2, -0.15) is 5.10 Å². The van der Waals surface area contributed by atoms with Gasteiger partial charge in [-0.15, -0.1) is 0 Å². The SMILES string of the molecule is Cc1cn[nH]c1[C@@H]1CCN(CC2(O)CCCCC2)C1. The van der Waals surface area contributed by atoms with E-state index >= 15 is 0 Å². The molecule has 0 bridgehead atoms. The second-order valence-electron chi connectivity index (χ2n) is 6.47. The highest BCUT2D eigenvalue weighted by Crippen LogP contribution is 2.33. The van der Waals surface area contributed by atoms with Crippen LogP contribution in [0.2, 0.25) is 0 Å². The van der Waals surface area contributed by atoms with Crippen LogP contribution in [0.5, 0.6) is 0 Å². The number of aliphatic hydroxyl groups is 1. The smallest absolute Gasteiger partial charge is 0.0774 e. The third-order valence-electron chi connectivity index (χ3n) is 4.85. The molecule has 0 aromatic carbocycles. The molecule has 1 aromatic rings.